The predicted octanol–water partition coefficient (Wildman–Crippen LogP) is 3.07. The third-order valence-electron chi connectivity index (χ3n) is 5.69. The molecule has 0 spiro atoms. The van der Waals surface area contributed by atoms with Gasteiger partial charge in [-0.1, -0.05) is 32.5 Å². The molecule has 1 atom stereocenters. The third-order valence-corrected chi connectivity index (χ3v) is 6.79. The number of piperazine rings is 1. The van der Waals surface area contributed by atoms with Crippen molar-refractivity contribution in [2.24, 2.45) is 0 Å². The molecule has 1 aromatic carbocycles. The number of carbonyl (C=O) groups excluding carboxylic acids is 1. The first-order valence-electron chi connectivity index (χ1n) is 10.3. The largest absolute Gasteiger partial charge is 0.368 e. The minimum absolute atomic E-state index is 0.0685. The molecule has 8 heteroatoms. The van der Waals surface area contributed by atoms with Crippen LogP contribution in [0, 0.1) is 5.82 Å². The Balaban J connectivity index is 1.39. The molecule has 3 heterocycles. The maximum Gasteiger partial charge on any atom is 0.254 e. The van der Waals surface area contributed by atoms with E-state index in [1.54, 1.807) is 34.5 Å². The number of carbonyl (C=O) groups is 1. The van der Waals surface area contributed by atoms with E-state index < -0.39 is 0 Å². The molecule has 30 heavy (non-hydrogen) atoms. The molecule has 2 aliphatic heterocycles. The van der Waals surface area contributed by atoms with Gasteiger partial charge in [0.1, 0.15) is 5.82 Å². The van der Waals surface area contributed by atoms with Gasteiger partial charge >= 0.3 is 0 Å². The number of rotatable bonds is 3. The lowest BCUT2D eigenvalue weighted by Crippen LogP contribution is -2.49. The molecule has 0 saturated carbocycles. The van der Waals surface area contributed by atoms with Crippen LogP contribution in [-0.4, -0.2) is 52.3 Å². The molecule has 4 rings (SSSR count). The van der Waals surface area contributed by atoms with Gasteiger partial charge in [-0.05, 0) is 24.3 Å². The number of halogens is 1. The standard InChI is InChI=1S/C22H27FN4O2S/c1-22(2,3)18-13-20(29)27-17(14-30-21(27)24-18)12-19(28)26-10-8-25(9-11-26)16-6-4-15(23)5-7-16/h4-7,13,17H,8-12,14H2,1-3H3. The van der Waals surface area contributed by atoms with E-state index >= 15 is 0 Å². The SMILES string of the molecule is CC(C)(C)c1cc(=O)n2c(n1)SCC2CC(=O)N1CCN(c2ccc(F)cc2)CC1. The van der Waals surface area contributed by atoms with Gasteiger partial charge in [0.05, 0.1) is 11.7 Å². The maximum atomic E-state index is 13.1. The summed E-state index contributed by atoms with van der Waals surface area (Å²) in [5, 5.41) is 0.714. The number of hydrogen-bond donors (Lipinski definition) is 0. The summed E-state index contributed by atoms with van der Waals surface area (Å²) in [6.45, 7) is 8.79. The maximum absolute atomic E-state index is 13.1. The Labute approximate surface area is 180 Å². The summed E-state index contributed by atoms with van der Waals surface area (Å²) in [6, 6.07) is 7.91. The van der Waals surface area contributed by atoms with Crippen LogP contribution in [-0.2, 0) is 10.2 Å². The van der Waals surface area contributed by atoms with E-state index in [9.17, 15) is 14.0 Å². The van der Waals surface area contributed by atoms with Crippen molar-refractivity contribution in [1.29, 1.82) is 0 Å². The number of thioether (sulfide) groups is 1. The van der Waals surface area contributed by atoms with Gasteiger partial charge in [-0.15, -0.1) is 0 Å². The fraction of sp³-hybridized carbons (Fsp3) is 0.500. The van der Waals surface area contributed by atoms with Crippen molar-refractivity contribution in [1.82, 2.24) is 14.5 Å². The van der Waals surface area contributed by atoms with E-state index in [-0.39, 0.29) is 28.7 Å². The van der Waals surface area contributed by atoms with Crippen LogP contribution < -0.4 is 10.5 Å². The zero-order valence-electron chi connectivity index (χ0n) is 17.6. The number of benzene rings is 1. The molecule has 2 aromatic rings. The molecule has 0 bridgehead atoms. The van der Waals surface area contributed by atoms with Gasteiger partial charge in [0.2, 0.25) is 5.91 Å². The lowest BCUT2D eigenvalue weighted by molar-refractivity contribution is -0.132. The normalized spacial score (nSPS) is 19.1. The van der Waals surface area contributed by atoms with Crippen molar-refractivity contribution in [2.45, 2.75) is 43.8 Å². The summed E-state index contributed by atoms with van der Waals surface area (Å²) in [5.74, 6) is 0.512. The average molecular weight is 431 g/mol. The molecule has 2 aliphatic rings. The highest BCUT2D eigenvalue weighted by Crippen LogP contribution is 2.34. The molecule has 1 aromatic heterocycles. The van der Waals surface area contributed by atoms with Crippen molar-refractivity contribution < 1.29 is 9.18 Å². The Kier molecular flexibility index (Phi) is 5.61. The van der Waals surface area contributed by atoms with Gasteiger partial charge in [0.25, 0.3) is 5.56 Å². The van der Waals surface area contributed by atoms with E-state index in [0.29, 0.717) is 43.5 Å². The highest BCUT2D eigenvalue weighted by atomic mass is 32.2. The zero-order chi connectivity index (χ0) is 21.5. The molecular weight excluding hydrogens is 403 g/mol. The third kappa shape index (κ3) is 4.24. The molecule has 0 aliphatic carbocycles. The van der Waals surface area contributed by atoms with E-state index in [4.69, 9.17) is 0 Å². The Bertz CT molecular complexity index is 992. The Morgan fingerprint density at radius 2 is 1.83 bits per heavy atom. The first-order chi connectivity index (χ1) is 14.2. The van der Waals surface area contributed by atoms with E-state index in [1.807, 2.05) is 25.7 Å². The second-order valence-corrected chi connectivity index (χ2v) is 9.88. The highest BCUT2D eigenvalue weighted by Gasteiger charge is 2.31. The number of anilines is 1. The van der Waals surface area contributed by atoms with Crippen LogP contribution >= 0.6 is 11.8 Å². The van der Waals surface area contributed by atoms with Crippen molar-refractivity contribution in [2.75, 3.05) is 36.8 Å². The lowest BCUT2D eigenvalue weighted by Gasteiger charge is -2.36. The summed E-state index contributed by atoms with van der Waals surface area (Å²) >= 11 is 1.55. The second kappa shape index (κ2) is 8.06. The molecule has 1 amide bonds. The molecule has 0 radical (unpaired) electrons. The fourth-order valence-corrected chi connectivity index (χ4v) is 5.03. The molecular formula is C22H27FN4O2S. The van der Waals surface area contributed by atoms with Crippen molar-refractivity contribution >= 4 is 23.4 Å². The van der Waals surface area contributed by atoms with E-state index in [0.717, 1.165) is 11.4 Å². The number of fused-ring (bicyclic) bond motifs is 1. The van der Waals surface area contributed by atoms with Crippen LogP contribution in [0.2, 0.25) is 0 Å². The van der Waals surface area contributed by atoms with Crippen molar-refractivity contribution in [3.8, 4) is 0 Å². The molecule has 0 N–H and O–H groups in total. The van der Waals surface area contributed by atoms with Gasteiger partial charge in [-0.3, -0.25) is 14.2 Å². The van der Waals surface area contributed by atoms with Gasteiger partial charge in [-0.2, -0.15) is 0 Å². The molecule has 6 nitrogen and oxygen atoms in total. The first-order valence-corrected chi connectivity index (χ1v) is 11.3. The Hall–Kier alpha value is -2.35. The first kappa shape index (κ1) is 20.9. The number of amides is 1. The summed E-state index contributed by atoms with van der Waals surface area (Å²) < 4.78 is 14.8. The molecule has 1 fully saturated rings. The second-order valence-electron chi connectivity index (χ2n) is 8.90. The van der Waals surface area contributed by atoms with Crippen molar-refractivity contribution in [3.63, 3.8) is 0 Å². The van der Waals surface area contributed by atoms with Gasteiger partial charge in [-0.25, -0.2) is 9.37 Å². The van der Waals surface area contributed by atoms with Crippen LogP contribution in [0.1, 0.15) is 38.9 Å². The number of aromatic nitrogens is 2. The highest BCUT2D eigenvalue weighted by molar-refractivity contribution is 7.99. The van der Waals surface area contributed by atoms with E-state index in [1.165, 1.54) is 12.1 Å². The molecule has 1 saturated heterocycles. The summed E-state index contributed by atoms with van der Waals surface area (Å²) in [7, 11) is 0. The minimum atomic E-state index is -0.248. The monoisotopic (exact) mass is 430 g/mol. The Morgan fingerprint density at radius 3 is 2.47 bits per heavy atom. The van der Waals surface area contributed by atoms with E-state index in [2.05, 4.69) is 9.88 Å². The topological polar surface area (TPSA) is 58.4 Å². The van der Waals surface area contributed by atoms with Crippen LogP contribution in [0.25, 0.3) is 0 Å². The smallest absolute Gasteiger partial charge is 0.254 e. The van der Waals surface area contributed by atoms with Crippen LogP contribution in [0.15, 0.2) is 40.3 Å². The van der Waals surface area contributed by atoms with Gasteiger partial charge < -0.3 is 9.80 Å². The number of nitrogens with zero attached hydrogens (tertiary/aromatic N) is 4. The number of hydrogen-bond acceptors (Lipinski definition) is 5. The fourth-order valence-electron chi connectivity index (χ4n) is 3.88. The van der Waals surface area contributed by atoms with Gasteiger partial charge in [0, 0.05) is 55.5 Å². The Morgan fingerprint density at radius 1 is 1.17 bits per heavy atom. The average Bonchev–Trinajstić information content (AvgIpc) is 3.11. The van der Waals surface area contributed by atoms with Crippen LogP contribution in [0.3, 0.4) is 0 Å². The summed E-state index contributed by atoms with van der Waals surface area (Å²) in [5.41, 5.74) is 1.49. The summed E-state index contributed by atoms with van der Waals surface area (Å²) in [4.78, 5) is 34.3. The minimum Gasteiger partial charge on any atom is -0.368 e. The van der Waals surface area contributed by atoms with Crippen molar-refractivity contribution in [3.05, 3.63) is 52.2 Å². The molecule has 160 valence electrons. The van der Waals surface area contributed by atoms with Gasteiger partial charge in [0.15, 0.2) is 5.16 Å². The van der Waals surface area contributed by atoms with Crippen LogP contribution in [0.5, 0.6) is 0 Å². The quantitative estimate of drug-likeness (QED) is 0.701. The lowest BCUT2D eigenvalue weighted by atomic mass is 9.92. The molecule has 1 unspecified atom stereocenters. The predicted molar refractivity (Wildman–Crippen MR) is 117 cm³/mol. The zero-order valence-corrected chi connectivity index (χ0v) is 18.4. The summed E-state index contributed by atoms with van der Waals surface area (Å²) in [6.07, 6.45) is 0.312. The van der Waals surface area contributed by atoms with Crippen LogP contribution in [0.4, 0.5) is 10.1 Å².